The fourth-order valence-corrected chi connectivity index (χ4v) is 4.86. The first-order valence-electron chi connectivity index (χ1n) is 8.77. The zero-order chi connectivity index (χ0) is 21.9. The third kappa shape index (κ3) is 5.26. The van der Waals surface area contributed by atoms with Crippen LogP contribution in [-0.2, 0) is 14.8 Å². The van der Waals surface area contributed by atoms with Gasteiger partial charge >= 0.3 is 0 Å². The largest absolute Gasteiger partial charge is 0.324 e. The van der Waals surface area contributed by atoms with E-state index in [4.69, 9.17) is 34.8 Å². The first kappa shape index (κ1) is 22.4. The average molecular weight is 484 g/mol. The van der Waals surface area contributed by atoms with Gasteiger partial charge in [-0.25, -0.2) is 8.42 Å². The summed E-state index contributed by atoms with van der Waals surface area (Å²) in [6, 6.07) is 17.2. The van der Waals surface area contributed by atoms with Crippen molar-refractivity contribution in [1.82, 2.24) is 0 Å². The minimum Gasteiger partial charge on any atom is -0.324 e. The third-order valence-corrected chi connectivity index (χ3v) is 6.84. The summed E-state index contributed by atoms with van der Waals surface area (Å²) >= 11 is 18.1. The number of carbonyl (C=O) groups is 1. The third-order valence-electron chi connectivity index (χ3n) is 4.21. The number of hydrogen-bond donors (Lipinski definition) is 1. The van der Waals surface area contributed by atoms with Crippen molar-refractivity contribution >= 4 is 62.1 Å². The highest BCUT2D eigenvalue weighted by Gasteiger charge is 2.27. The van der Waals surface area contributed by atoms with Gasteiger partial charge in [-0.2, -0.15) is 0 Å². The van der Waals surface area contributed by atoms with E-state index in [9.17, 15) is 13.2 Å². The van der Waals surface area contributed by atoms with E-state index >= 15 is 0 Å². The first-order chi connectivity index (χ1) is 14.2. The highest BCUT2D eigenvalue weighted by Crippen LogP contribution is 2.28. The number of nitrogens with one attached hydrogen (secondary N) is 1. The predicted octanol–water partition coefficient (Wildman–Crippen LogP) is 5.79. The summed E-state index contributed by atoms with van der Waals surface area (Å²) in [5.41, 5.74) is 1.42. The van der Waals surface area contributed by atoms with Crippen molar-refractivity contribution in [2.24, 2.45) is 0 Å². The van der Waals surface area contributed by atoms with Gasteiger partial charge in [0.2, 0.25) is 5.91 Å². The summed E-state index contributed by atoms with van der Waals surface area (Å²) in [6.45, 7) is 1.33. The Kier molecular flexibility index (Phi) is 6.93. The van der Waals surface area contributed by atoms with Crippen LogP contribution in [0.3, 0.4) is 0 Å². The topological polar surface area (TPSA) is 66.5 Å². The van der Waals surface area contributed by atoms with Crippen molar-refractivity contribution in [3.8, 4) is 0 Å². The minimum absolute atomic E-state index is 0.0558. The summed E-state index contributed by atoms with van der Waals surface area (Å²) < 4.78 is 27.6. The number of halogens is 3. The van der Waals surface area contributed by atoms with Crippen LogP contribution >= 0.6 is 34.8 Å². The Morgan fingerprint density at radius 1 is 0.933 bits per heavy atom. The lowest BCUT2D eigenvalue weighted by Gasteiger charge is -2.24. The smallest absolute Gasteiger partial charge is 0.264 e. The maximum atomic E-state index is 13.3. The lowest BCUT2D eigenvalue weighted by atomic mass is 10.2. The number of carbonyl (C=O) groups excluding carboxylic acids is 1. The monoisotopic (exact) mass is 482 g/mol. The molecule has 30 heavy (non-hydrogen) atoms. The van der Waals surface area contributed by atoms with E-state index in [0.717, 1.165) is 9.87 Å². The van der Waals surface area contributed by atoms with Gasteiger partial charge < -0.3 is 5.32 Å². The van der Waals surface area contributed by atoms with Gasteiger partial charge in [-0.05, 0) is 55.0 Å². The number of anilines is 2. The summed E-state index contributed by atoms with van der Waals surface area (Å²) in [7, 11) is -4.03. The molecule has 0 heterocycles. The molecule has 156 valence electrons. The minimum atomic E-state index is -4.03. The highest BCUT2D eigenvalue weighted by atomic mass is 35.5. The normalized spacial score (nSPS) is 11.2. The Bertz CT molecular complexity index is 1170. The molecule has 0 saturated heterocycles. The lowest BCUT2D eigenvalue weighted by molar-refractivity contribution is -0.114. The number of rotatable bonds is 6. The van der Waals surface area contributed by atoms with E-state index in [1.54, 1.807) is 37.3 Å². The Labute approximate surface area is 190 Å². The van der Waals surface area contributed by atoms with Gasteiger partial charge in [0.25, 0.3) is 10.0 Å². The molecule has 9 heteroatoms. The van der Waals surface area contributed by atoms with Crippen LogP contribution < -0.4 is 9.62 Å². The van der Waals surface area contributed by atoms with Gasteiger partial charge in [-0.15, -0.1) is 0 Å². The number of benzene rings is 3. The van der Waals surface area contributed by atoms with Crippen molar-refractivity contribution in [2.45, 2.75) is 11.8 Å². The predicted molar refractivity (Wildman–Crippen MR) is 122 cm³/mol. The lowest BCUT2D eigenvalue weighted by Crippen LogP contribution is -2.38. The molecule has 3 rings (SSSR count). The zero-order valence-electron chi connectivity index (χ0n) is 15.8. The van der Waals surface area contributed by atoms with Crippen LogP contribution in [0.5, 0.6) is 0 Å². The fraction of sp³-hybridized carbons (Fsp3) is 0.0952. The molecule has 0 bridgehead atoms. The van der Waals surface area contributed by atoms with Gasteiger partial charge in [0.1, 0.15) is 6.54 Å². The maximum absolute atomic E-state index is 13.3. The molecule has 0 saturated carbocycles. The molecular formula is C21H17Cl3N2O3S. The summed E-state index contributed by atoms with van der Waals surface area (Å²) in [5, 5.41) is 3.71. The molecule has 0 aliphatic rings. The Balaban J connectivity index is 1.97. The average Bonchev–Trinajstić information content (AvgIpc) is 2.68. The second kappa shape index (κ2) is 9.27. The van der Waals surface area contributed by atoms with E-state index < -0.39 is 22.5 Å². The molecule has 0 aliphatic carbocycles. The summed E-state index contributed by atoms with van der Waals surface area (Å²) in [4.78, 5) is 12.8. The van der Waals surface area contributed by atoms with Crippen LogP contribution in [0.2, 0.25) is 15.1 Å². The van der Waals surface area contributed by atoms with Crippen LogP contribution in [0, 0.1) is 6.92 Å². The van der Waals surface area contributed by atoms with E-state index in [1.807, 2.05) is 0 Å². The van der Waals surface area contributed by atoms with Crippen molar-refractivity contribution in [3.63, 3.8) is 0 Å². The quantitative estimate of drug-likeness (QED) is 0.482. The molecule has 0 radical (unpaired) electrons. The Morgan fingerprint density at radius 3 is 2.17 bits per heavy atom. The zero-order valence-corrected chi connectivity index (χ0v) is 18.9. The fourth-order valence-electron chi connectivity index (χ4n) is 2.73. The summed E-state index contributed by atoms with van der Waals surface area (Å²) in [5.74, 6) is -0.565. The van der Waals surface area contributed by atoms with Crippen molar-refractivity contribution in [3.05, 3.63) is 87.4 Å². The molecule has 0 fully saturated rings. The number of hydrogen-bond acceptors (Lipinski definition) is 3. The van der Waals surface area contributed by atoms with Crippen LogP contribution in [0.1, 0.15) is 5.56 Å². The SMILES string of the molecule is Cc1ccc(N(CC(=O)Nc2cc(Cl)cc(Cl)c2)S(=O)(=O)c2ccccc2)cc1Cl. The van der Waals surface area contributed by atoms with E-state index in [0.29, 0.717) is 20.8 Å². The van der Waals surface area contributed by atoms with E-state index in [2.05, 4.69) is 5.32 Å². The molecule has 3 aromatic rings. The second-order valence-corrected chi connectivity index (χ2v) is 9.61. The van der Waals surface area contributed by atoms with E-state index in [-0.39, 0.29) is 10.6 Å². The van der Waals surface area contributed by atoms with Crippen LogP contribution in [0.25, 0.3) is 0 Å². The molecule has 1 N–H and O–H groups in total. The van der Waals surface area contributed by atoms with Gasteiger partial charge in [0.05, 0.1) is 10.6 Å². The Morgan fingerprint density at radius 2 is 1.57 bits per heavy atom. The summed E-state index contributed by atoms with van der Waals surface area (Å²) in [6.07, 6.45) is 0. The highest BCUT2D eigenvalue weighted by molar-refractivity contribution is 7.92. The standard InChI is InChI=1S/C21H17Cl3N2O3S/c1-14-7-8-18(12-20(14)24)26(30(28,29)19-5-3-2-4-6-19)13-21(27)25-17-10-15(22)9-16(23)11-17/h2-12H,13H2,1H3,(H,25,27). The van der Waals surface area contributed by atoms with Gasteiger partial charge in [-0.3, -0.25) is 9.10 Å². The number of amides is 1. The van der Waals surface area contributed by atoms with Crippen LogP contribution in [0.15, 0.2) is 71.6 Å². The molecule has 3 aromatic carbocycles. The maximum Gasteiger partial charge on any atom is 0.264 e. The first-order valence-corrected chi connectivity index (χ1v) is 11.3. The van der Waals surface area contributed by atoms with Gasteiger partial charge in [0.15, 0.2) is 0 Å². The number of aryl methyl sites for hydroxylation is 1. The van der Waals surface area contributed by atoms with Crippen molar-refractivity contribution in [1.29, 1.82) is 0 Å². The van der Waals surface area contributed by atoms with Gasteiger partial charge in [-0.1, -0.05) is 59.1 Å². The van der Waals surface area contributed by atoms with Crippen LogP contribution in [0.4, 0.5) is 11.4 Å². The molecule has 5 nitrogen and oxygen atoms in total. The molecular weight excluding hydrogens is 467 g/mol. The van der Waals surface area contributed by atoms with Crippen molar-refractivity contribution < 1.29 is 13.2 Å². The number of sulfonamides is 1. The van der Waals surface area contributed by atoms with Crippen molar-refractivity contribution in [2.75, 3.05) is 16.2 Å². The molecule has 0 atom stereocenters. The molecule has 0 aromatic heterocycles. The van der Waals surface area contributed by atoms with Gasteiger partial charge in [0, 0.05) is 20.8 Å². The molecule has 1 amide bonds. The number of nitrogens with zero attached hydrogens (tertiary/aromatic N) is 1. The molecule has 0 spiro atoms. The van der Waals surface area contributed by atoms with E-state index in [1.165, 1.54) is 36.4 Å². The Hall–Kier alpha value is -2.25. The van der Waals surface area contributed by atoms with Crippen LogP contribution in [-0.4, -0.2) is 20.9 Å². The molecule has 0 unspecified atom stereocenters. The molecule has 0 aliphatic heterocycles. The second-order valence-electron chi connectivity index (χ2n) is 6.46.